The third-order valence-corrected chi connectivity index (χ3v) is 5.74. The maximum absolute atomic E-state index is 14.0. The number of piperidine rings is 1. The summed E-state index contributed by atoms with van der Waals surface area (Å²) in [4.78, 5) is 15.9. The van der Waals surface area contributed by atoms with E-state index in [4.69, 9.17) is 4.74 Å². The van der Waals surface area contributed by atoms with E-state index in [1.807, 2.05) is 19.1 Å². The summed E-state index contributed by atoms with van der Waals surface area (Å²) in [7, 11) is 1.57. The second-order valence-corrected chi connectivity index (χ2v) is 7.73. The Morgan fingerprint density at radius 1 is 1.40 bits per heavy atom. The molecule has 0 saturated carbocycles. The van der Waals surface area contributed by atoms with Gasteiger partial charge in [0.1, 0.15) is 11.6 Å². The van der Waals surface area contributed by atoms with Crippen LogP contribution in [0.2, 0.25) is 0 Å². The van der Waals surface area contributed by atoms with Gasteiger partial charge in [-0.25, -0.2) is 4.39 Å². The Bertz CT molecular complexity index is 761. The van der Waals surface area contributed by atoms with Crippen molar-refractivity contribution in [3.63, 3.8) is 0 Å². The van der Waals surface area contributed by atoms with Crippen LogP contribution in [0.1, 0.15) is 34.2 Å². The van der Waals surface area contributed by atoms with Gasteiger partial charge in [-0.1, -0.05) is 0 Å². The highest BCUT2D eigenvalue weighted by Gasteiger charge is 2.33. The van der Waals surface area contributed by atoms with Crippen molar-refractivity contribution in [2.24, 2.45) is 5.92 Å². The maximum atomic E-state index is 14.0. The van der Waals surface area contributed by atoms with Gasteiger partial charge in [0.05, 0.1) is 19.1 Å². The number of carbonyl (C=O) groups is 1. The zero-order valence-corrected chi connectivity index (χ0v) is 15.2. The SMILES string of the molecule is COc1ccc(F)cc1C(c1ccc(C)s1)N1CCCC(C(=O)O)C1. The van der Waals surface area contributed by atoms with Crippen LogP contribution in [0, 0.1) is 18.7 Å². The van der Waals surface area contributed by atoms with Gasteiger partial charge in [0.15, 0.2) is 0 Å². The molecule has 2 heterocycles. The molecule has 0 radical (unpaired) electrons. The average Bonchev–Trinajstić information content (AvgIpc) is 3.01. The number of rotatable bonds is 5. The molecule has 3 rings (SSSR count). The second-order valence-electron chi connectivity index (χ2n) is 6.41. The third kappa shape index (κ3) is 3.85. The standard InChI is InChI=1S/C19H22FNO3S/c1-12-5-8-17(25-12)18(15-10-14(20)6-7-16(15)24-2)21-9-3-4-13(11-21)19(22)23/h5-8,10,13,18H,3-4,9,11H2,1-2H3,(H,22,23). The number of benzene rings is 1. The van der Waals surface area contributed by atoms with Crippen molar-refractivity contribution >= 4 is 17.3 Å². The van der Waals surface area contributed by atoms with E-state index in [9.17, 15) is 14.3 Å². The van der Waals surface area contributed by atoms with Gasteiger partial charge in [-0.2, -0.15) is 0 Å². The van der Waals surface area contributed by atoms with Crippen LogP contribution in [0.3, 0.4) is 0 Å². The smallest absolute Gasteiger partial charge is 0.307 e. The van der Waals surface area contributed by atoms with Crippen molar-refractivity contribution in [3.05, 3.63) is 51.5 Å². The van der Waals surface area contributed by atoms with Crippen molar-refractivity contribution in [2.45, 2.75) is 25.8 Å². The van der Waals surface area contributed by atoms with E-state index in [0.717, 1.165) is 23.4 Å². The number of halogens is 1. The first-order valence-electron chi connectivity index (χ1n) is 8.36. The van der Waals surface area contributed by atoms with E-state index >= 15 is 0 Å². The monoisotopic (exact) mass is 363 g/mol. The molecule has 4 nitrogen and oxygen atoms in total. The molecule has 1 N–H and O–H groups in total. The topological polar surface area (TPSA) is 49.8 Å². The lowest BCUT2D eigenvalue weighted by Gasteiger charge is -2.37. The molecule has 134 valence electrons. The number of likely N-dealkylation sites (tertiary alicyclic amines) is 1. The number of ether oxygens (including phenoxy) is 1. The fourth-order valence-electron chi connectivity index (χ4n) is 3.49. The summed E-state index contributed by atoms with van der Waals surface area (Å²) in [6.07, 6.45) is 1.50. The molecular weight excluding hydrogens is 341 g/mol. The van der Waals surface area contributed by atoms with Crippen LogP contribution >= 0.6 is 11.3 Å². The largest absolute Gasteiger partial charge is 0.496 e. The van der Waals surface area contributed by atoms with Crippen LogP contribution < -0.4 is 4.74 Å². The lowest BCUT2D eigenvalue weighted by molar-refractivity contribution is -0.143. The summed E-state index contributed by atoms with van der Waals surface area (Å²) < 4.78 is 19.4. The predicted octanol–water partition coefficient (Wildman–Crippen LogP) is 4.09. The van der Waals surface area contributed by atoms with Crippen molar-refractivity contribution < 1.29 is 19.0 Å². The Hall–Kier alpha value is -1.92. The van der Waals surface area contributed by atoms with Crippen LogP contribution in [-0.2, 0) is 4.79 Å². The van der Waals surface area contributed by atoms with E-state index in [0.29, 0.717) is 18.7 Å². The van der Waals surface area contributed by atoms with E-state index in [-0.39, 0.29) is 11.9 Å². The Morgan fingerprint density at radius 2 is 2.20 bits per heavy atom. The molecule has 1 aliphatic heterocycles. The van der Waals surface area contributed by atoms with Crippen LogP contribution in [0.4, 0.5) is 4.39 Å². The minimum absolute atomic E-state index is 0.202. The third-order valence-electron chi connectivity index (χ3n) is 4.68. The molecule has 1 aromatic carbocycles. The molecule has 1 saturated heterocycles. The molecule has 0 aliphatic carbocycles. The zero-order chi connectivity index (χ0) is 18.0. The number of aryl methyl sites for hydroxylation is 1. The Labute approximate surface area is 150 Å². The van der Waals surface area contributed by atoms with Gasteiger partial charge in [-0.15, -0.1) is 11.3 Å². The molecule has 1 aromatic heterocycles. The molecule has 1 fully saturated rings. The van der Waals surface area contributed by atoms with Gasteiger partial charge in [0.25, 0.3) is 0 Å². The number of hydrogen-bond donors (Lipinski definition) is 1. The molecule has 25 heavy (non-hydrogen) atoms. The number of aliphatic carboxylic acids is 1. The molecule has 6 heteroatoms. The maximum Gasteiger partial charge on any atom is 0.307 e. The molecular formula is C19H22FNO3S. The van der Waals surface area contributed by atoms with Gasteiger partial charge >= 0.3 is 5.97 Å². The summed E-state index contributed by atoms with van der Waals surface area (Å²) in [5.74, 6) is -0.857. The Balaban J connectivity index is 2.05. The second kappa shape index (κ2) is 7.54. The number of methoxy groups -OCH3 is 1. The first-order chi connectivity index (χ1) is 12.0. The van der Waals surface area contributed by atoms with Crippen LogP contribution in [-0.4, -0.2) is 36.2 Å². The van der Waals surface area contributed by atoms with E-state index in [1.54, 1.807) is 24.5 Å². The minimum Gasteiger partial charge on any atom is -0.496 e. The Morgan fingerprint density at radius 3 is 2.84 bits per heavy atom. The van der Waals surface area contributed by atoms with Gasteiger partial charge in [-0.3, -0.25) is 9.69 Å². The highest BCUT2D eigenvalue weighted by atomic mass is 32.1. The molecule has 2 aromatic rings. The quantitative estimate of drug-likeness (QED) is 0.869. The molecule has 2 unspecified atom stereocenters. The molecule has 2 atom stereocenters. The number of nitrogens with zero attached hydrogens (tertiary/aromatic N) is 1. The van der Waals surface area contributed by atoms with E-state index in [2.05, 4.69) is 4.90 Å². The number of carboxylic acid groups (broad SMARTS) is 1. The fourth-order valence-corrected chi connectivity index (χ4v) is 4.52. The summed E-state index contributed by atoms with van der Waals surface area (Å²) in [6, 6.07) is 8.40. The summed E-state index contributed by atoms with van der Waals surface area (Å²) in [6.45, 7) is 3.27. The zero-order valence-electron chi connectivity index (χ0n) is 14.4. The van der Waals surface area contributed by atoms with Crippen molar-refractivity contribution in [1.29, 1.82) is 0 Å². The minimum atomic E-state index is -0.767. The van der Waals surface area contributed by atoms with Gasteiger partial charge in [0, 0.05) is 21.9 Å². The number of thiophene rings is 1. The summed E-state index contributed by atoms with van der Waals surface area (Å²) >= 11 is 1.65. The first-order valence-corrected chi connectivity index (χ1v) is 9.18. The van der Waals surface area contributed by atoms with Crippen molar-refractivity contribution in [1.82, 2.24) is 4.90 Å². The van der Waals surface area contributed by atoms with Crippen molar-refractivity contribution in [2.75, 3.05) is 20.2 Å². The molecule has 1 aliphatic rings. The van der Waals surface area contributed by atoms with E-state index in [1.165, 1.54) is 17.0 Å². The van der Waals surface area contributed by atoms with Crippen LogP contribution in [0.15, 0.2) is 30.3 Å². The van der Waals surface area contributed by atoms with Crippen molar-refractivity contribution in [3.8, 4) is 5.75 Å². The van der Waals surface area contributed by atoms with Gasteiger partial charge < -0.3 is 9.84 Å². The summed E-state index contributed by atoms with van der Waals surface area (Å²) in [5, 5.41) is 9.42. The normalized spacial score (nSPS) is 19.6. The summed E-state index contributed by atoms with van der Waals surface area (Å²) in [5.41, 5.74) is 0.746. The Kier molecular flexibility index (Phi) is 5.39. The van der Waals surface area contributed by atoms with Gasteiger partial charge in [0.2, 0.25) is 0 Å². The average molecular weight is 363 g/mol. The first kappa shape index (κ1) is 17.9. The van der Waals surface area contributed by atoms with Crippen LogP contribution in [0.5, 0.6) is 5.75 Å². The lowest BCUT2D eigenvalue weighted by atomic mass is 9.94. The van der Waals surface area contributed by atoms with Crippen LogP contribution in [0.25, 0.3) is 0 Å². The number of carboxylic acids is 1. The molecule has 0 amide bonds. The van der Waals surface area contributed by atoms with E-state index < -0.39 is 11.9 Å². The lowest BCUT2D eigenvalue weighted by Crippen LogP contribution is -2.41. The fraction of sp³-hybridized carbons (Fsp3) is 0.421. The molecule has 0 bridgehead atoms. The predicted molar refractivity (Wildman–Crippen MR) is 95.8 cm³/mol. The highest BCUT2D eigenvalue weighted by Crippen LogP contribution is 2.40. The van der Waals surface area contributed by atoms with Gasteiger partial charge in [-0.05, 0) is 56.6 Å². The molecule has 0 spiro atoms. The number of hydrogen-bond acceptors (Lipinski definition) is 4. The highest BCUT2D eigenvalue weighted by molar-refractivity contribution is 7.12.